The topological polar surface area (TPSA) is 74.5 Å². The Labute approximate surface area is 139 Å². The molecule has 0 fully saturated rings. The smallest absolute Gasteiger partial charge is 0.152 e. The summed E-state index contributed by atoms with van der Waals surface area (Å²) in [5.41, 5.74) is 3.08. The number of aromatic hydroxyl groups is 1. The van der Waals surface area contributed by atoms with Gasteiger partial charge in [0.1, 0.15) is 29.6 Å². The lowest BCUT2D eigenvalue weighted by Gasteiger charge is -2.19. The van der Waals surface area contributed by atoms with Crippen molar-refractivity contribution in [2.75, 3.05) is 13.2 Å². The molecule has 3 heterocycles. The maximum atomic E-state index is 9.60. The Morgan fingerprint density at radius 3 is 3.04 bits per heavy atom. The first-order chi connectivity index (χ1) is 11.7. The van der Waals surface area contributed by atoms with Crippen LogP contribution in [0, 0.1) is 6.92 Å². The number of hydrogen-bond acceptors (Lipinski definition) is 5. The molecule has 0 spiro atoms. The highest BCUT2D eigenvalue weighted by Crippen LogP contribution is 2.29. The van der Waals surface area contributed by atoms with Gasteiger partial charge in [-0.25, -0.2) is 0 Å². The Morgan fingerprint density at radius 2 is 2.21 bits per heavy atom. The third kappa shape index (κ3) is 2.88. The summed E-state index contributed by atoms with van der Waals surface area (Å²) < 4.78 is 11.5. The zero-order chi connectivity index (χ0) is 16.5. The van der Waals surface area contributed by atoms with Gasteiger partial charge in [-0.3, -0.25) is 10.00 Å². The van der Waals surface area contributed by atoms with Crippen LogP contribution in [0.15, 0.2) is 40.9 Å². The second-order valence-electron chi connectivity index (χ2n) is 6.03. The minimum Gasteiger partial charge on any atom is -0.508 e. The van der Waals surface area contributed by atoms with Crippen LogP contribution in [-0.4, -0.2) is 33.4 Å². The number of aryl methyl sites for hydroxylation is 1. The van der Waals surface area contributed by atoms with E-state index in [4.69, 9.17) is 9.15 Å². The normalized spacial score (nSPS) is 14.9. The zero-order valence-corrected chi connectivity index (χ0v) is 13.5. The van der Waals surface area contributed by atoms with Gasteiger partial charge in [-0.1, -0.05) is 6.07 Å². The highest BCUT2D eigenvalue weighted by atomic mass is 16.5. The molecule has 0 saturated heterocycles. The lowest BCUT2D eigenvalue weighted by atomic mass is 10.1. The van der Waals surface area contributed by atoms with Gasteiger partial charge in [0, 0.05) is 36.8 Å². The van der Waals surface area contributed by atoms with Crippen LogP contribution in [-0.2, 0) is 13.1 Å². The summed E-state index contributed by atoms with van der Waals surface area (Å²) in [4.78, 5) is 2.30. The second-order valence-corrected chi connectivity index (χ2v) is 6.03. The summed E-state index contributed by atoms with van der Waals surface area (Å²) in [5, 5.41) is 16.8. The van der Waals surface area contributed by atoms with Gasteiger partial charge in [0.25, 0.3) is 0 Å². The lowest BCUT2D eigenvalue weighted by Crippen LogP contribution is -2.25. The fourth-order valence-corrected chi connectivity index (χ4v) is 3.00. The van der Waals surface area contributed by atoms with Gasteiger partial charge < -0.3 is 14.3 Å². The Hall–Kier alpha value is -2.73. The SMILES string of the molecule is Cc1ccc(-c2[nH]ncc2CN2CCOc3cc(O)ccc3C2)o1. The number of aromatic amines is 1. The summed E-state index contributed by atoms with van der Waals surface area (Å²) in [6.45, 7) is 4.82. The van der Waals surface area contributed by atoms with Crippen molar-refractivity contribution in [3.8, 4) is 23.0 Å². The van der Waals surface area contributed by atoms with Crippen molar-refractivity contribution in [1.82, 2.24) is 15.1 Å². The van der Waals surface area contributed by atoms with Gasteiger partial charge in [0.2, 0.25) is 0 Å². The molecule has 0 atom stereocenters. The minimum atomic E-state index is 0.229. The van der Waals surface area contributed by atoms with Crippen LogP contribution in [0.2, 0.25) is 0 Å². The highest BCUT2D eigenvalue weighted by Gasteiger charge is 2.19. The van der Waals surface area contributed by atoms with Crippen LogP contribution in [0.25, 0.3) is 11.5 Å². The number of benzene rings is 1. The fourth-order valence-electron chi connectivity index (χ4n) is 3.00. The number of phenolic OH excluding ortho intramolecular Hbond substituents is 1. The summed E-state index contributed by atoms with van der Waals surface area (Å²) >= 11 is 0. The molecule has 2 N–H and O–H groups in total. The molecule has 1 aliphatic rings. The van der Waals surface area contributed by atoms with Crippen molar-refractivity contribution < 1.29 is 14.3 Å². The Morgan fingerprint density at radius 1 is 1.29 bits per heavy atom. The summed E-state index contributed by atoms with van der Waals surface area (Å²) in [6.07, 6.45) is 1.84. The Balaban J connectivity index is 1.56. The largest absolute Gasteiger partial charge is 0.508 e. The number of ether oxygens (including phenoxy) is 1. The third-order valence-corrected chi connectivity index (χ3v) is 4.21. The first kappa shape index (κ1) is 14.8. The predicted octanol–water partition coefficient (Wildman–Crippen LogP) is 3.08. The molecule has 1 aromatic carbocycles. The molecule has 6 heteroatoms. The molecule has 2 aromatic heterocycles. The quantitative estimate of drug-likeness (QED) is 0.774. The van der Waals surface area contributed by atoms with E-state index in [0.717, 1.165) is 53.7 Å². The average molecular weight is 325 g/mol. The van der Waals surface area contributed by atoms with Crippen molar-refractivity contribution in [2.45, 2.75) is 20.0 Å². The van der Waals surface area contributed by atoms with E-state index in [2.05, 4.69) is 15.1 Å². The summed E-state index contributed by atoms with van der Waals surface area (Å²) in [7, 11) is 0. The fraction of sp³-hybridized carbons (Fsp3) is 0.278. The van der Waals surface area contributed by atoms with Gasteiger partial charge >= 0.3 is 0 Å². The standard InChI is InChI=1S/C18H19N3O3/c1-12-2-5-16(24-12)18-14(9-19-20-18)11-21-6-7-23-17-8-15(22)4-3-13(17)10-21/h2-5,8-9,22H,6-7,10-11H2,1H3,(H,19,20). The molecule has 24 heavy (non-hydrogen) atoms. The van der Waals surface area contributed by atoms with E-state index in [1.54, 1.807) is 12.1 Å². The first-order valence-electron chi connectivity index (χ1n) is 7.95. The van der Waals surface area contributed by atoms with E-state index in [0.29, 0.717) is 6.61 Å². The first-order valence-corrected chi connectivity index (χ1v) is 7.95. The van der Waals surface area contributed by atoms with Crippen LogP contribution in [0.4, 0.5) is 0 Å². The summed E-state index contributed by atoms with van der Waals surface area (Å²) in [6, 6.07) is 9.18. The number of hydrogen-bond donors (Lipinski definition) is 2. The molecule has 0 bridgehead atoms. The molecule has 124 valence electrons. The van der Waals surface area contributed by atoms with Crippen LogP contribution in [0.5, 0.6) is 11.5 Å². The van der Waals surface area contributed by atoms with Gasteiger partial charge in [-0.2, -0.15) is 5.10 Å². The number of rotatable bonds is 3. The minimum absolute atomic E-state index is 0.229. The van der Waals surface area contributed by atoms with Crippen molar-refractivity contribution in [3.05, 3.63) is 53.4 Å². The second kappa shape index (κ2) is 6.05. The number of aromatic nitrogens is 2. The van der Waals surface area contributed by atoms with Gasteiger partial charge in [-0.15, -0.1) is 0 Å². The van der Waals surface area contributed by atoms with Gasteiger partial charge in [-0.05, 0) is 25.1 Å². The van der Waals surface area contributed by atoms with Gasteiger partial charge in [0.05, 0.1) is 6.20 Å². The molecule has 0 saturated carbocycles. The molecule has 6 nitrogen and oxygen atoms in total. The molecule has 0 amide bonds. The molecule has 0 aliphatic carbocycles. The monoisotopic (exact) mass is 325 g/mol. The van der Waals surface area contributed by atoms with Crippen molar-refractivity contribution in [1.29, 1.82) is 0 Å². The molecular formula is C18H19N3O3. The number of nitrogens with zero attached hydrogens (tertiary/aromatic N) is 2. The Bertz CT molecular complexity index is 853. The zero-order valence-electron chi connectivity index (χ0n) is 13.5. The van der Waals surface area contributed by atoms with E-state index in [1.807, 2.05) is 31.3 Å². The van der Waals surface area contributed by atoms with Crippen LogP contribution < -0.4 is 4.74 Å². The average Bonchev–Trinajstić information content (AvgIpc) is 3.13. The van der Waals surface area contributed by atoms with Crippen LogP contribution in [0.3, 0.4) is 0 Å². The number of furan rings is 1. The molecule has 3 aromatic rings. The molecule has 4 rings (SSSR count). The predicted molar refractivity (Wildman–Crippen MR) is 88.7 cm³/mol. The van der Waals surface area contributed by atoms with Crippen molar-refractivity contribution in [2.24, 2.45) is 0 Å². The molecular weight excluding hydrogens is 306 g/mol. The van der Waals surface area contributed by atoms with Gasteiger partial charge in [0.15, 0.2) is 5.76 Å². The summed E-state index contributed by atoms with van der Waals surface area (Å²) in [5.74, 6) is 2.66. The van der Waals surface area contributed by atoms with E-state index in [1.165, 1.54) is 0 Å². The van der Waals surface area contributed by atoms with E-state index in [9.17, 15) is 5.11 Å². The lowest BCUT2D eigenvalue weighted by molar-refractivity contribution is 0.219. The van der Waals surface area contributed by atoms with E-state index < -0.39 is 0 Å². The number of phenols is 1. The number of H-pyrrole nitrogens is 1. The maximum absolute atomic E-state index is 9.60. The van der Waals surface area contributed by atoms with E-state index in [-0.39, 0.29) is 5.75 Å². The maximum Gasteiger partial charge on any atom is 0.152 e. The van der Waals surface area contributed by atoms with Crippen molar-refractivity contribution in [3.63, 3.8) is 0 Å². The number of fused-ring (bicyclic) bond motifs is 1. The third-order valence-electron chi connectivity index (χ3n) is 4.21. The highest BCUT2D eigenvalue weighted by molar-refractivity contribution is 5.56. The van der Waals surface area contributed by atoms with Crippen molar-refractivity contribution >= 4 is 0 Å². The molecule has 0 radical (unpaired) electrons. The molecule has 1 aliphatic heterocycles. The van der Waals surface area contributed by atoms with Crippen LogP contribution in [0.1, 0.15) is 16.9 Å². The Kier molecular flexibility index (Phi) is 3.74. The number of nitrogens with one attached hydrogen (secondary N) is 1. The van der Waals surface area contributed by atoms with E-state index >= 15 is 0 Å². The van der Waals surface area contributed by atoms with Crippen LogP contribution >= 0.6 is 0 Å². The molecule has 0 unspecified atom stereocenters.